The first-order valence-corrected chi connectivity index (χ1v) is 6.19. The van der Waals surface area contributed by atoms with Crippen molar-refractivity contribution in [1.29, 1.82) is 0 Å². The fourth-order valence-corrected chi connectivity index (χ4v) is 2.65. The Bertz CT molecular complexity index is 410. The van der Waals surface area contributed by atoms with Crippen LogP contribution in [0.2, 0.25) is 0 Å². The van der Waals surface area contributed by atoms with Gasteiger partial charge in [-0.2, -0.15) is 0 Å². The van der Waals surface area contributed by atoms with E-state index in [1.54, 1.807) is 23.3 Å². The fraction of sp³-hybridized carbons (Fsp3) is 0.583. The second-order valence-electron chi connectivity index (χ2n) is 4.91. The van der Waals surface area contributed by atoms with Crippen molar-refractivity contribution in [3.63, 3.8) is 0 Å². The van der Waals surface area contributed by atoms with E-state index in [-0.39, 0.29) is 24.5 Å². The van der Waals surface area contributed by atoms with Crippen molar-refractivity contribution >= 4 is 5.91 Å². The second kappa shape index (κ2) is 5.70. The van der Waals surface area contributed by atoms with Crippen LogP contribution in [0, 0.1) is 5.92 Å². The van der Waals surface area contributed by atoms with Gasteiger partial charge in [0, 0.05) is 24.6 Å². The maximum atomic E-state index is 11.5. The Morgan fingerprint density at radius 1 is 1.47 bits per heavy atom. The van der Waals surface area contributed by atoms with Gasteiger partial charge in [-0.05, 0) is 18.7 Å². The van der Waals surface area contributed by atoms with E-state index in [0.717, 1.165) is 0 Å². The predicted octanol–water partition coefficient (Wildman–Crippen LogP) is -2.17. The fourth-order valence-electron chi connectivity index (χ4n) is 2.65. The van der Waals surface area contributed by atoms with Crippen molar-refractivity contribution < 1.29 is 20.1 Å². The van der Waals surface area contributed by atoms with Crippen LogP contribution in [-0.2, 0) is 4.79 Å². The summed E-state index contributed by atoms with van der Waals surface area (Å²) in [6, 6.07) is -0.322. The summed E-state index contributed by atoms with van der Waals surface area (Å²) in [7, 11) is 0. The predicted molar refractivity (Wildman–Crippen MR) is 67.3 cm³/mol. The summed E-state index contributed by atoms with van der Waals surface area (Å²) >= 11 is 0. The molecule has 1 heterocycles. The van der Waals surface area contributed by atoms with Gasteiger partial charge in [0.2, 0.25) is 0 Å². The molecule has 0 aromatic carbocycles. The molecule has 4 unspecified atom stereocenters. The normalized spacial score (nSPS) is 34.3. The van der Waals surface area contributed by atoms with E-state index < -0.39 is 12.2 Å². The van der Waals surface area contributed by atoms with Crippen LogP contribution in [0.15, 0.2) is 23.9 Å². The molecule has 1 aliphatic heterocycles. The van der Waals surface area contributed by atoms with Gasteiger partial charge in [-0.1, -0.05) is 6.08 Å². The lowest BCUT2D eigenvalue weighted by Crippen LogP contribution is -2.44. The molecule has 0 bridgehead atoms. The molecule has 2 aliphatic rings. The number of hydrogen-bond acceptors (Lipinski definition) is 6. The van der Waals surface area contributed by atoms with Crippen LogP contribution < -0.4 is 11.3 Å². The quantitative estimate of drug-likeness (QED) is 0.226. The van der Waals surface area contributed by atoms with Gasteiger partial charge in [0.05, 0.1) is 12.1 Å². The summed E-state index contributed by atoms with van der Waals surface area (Å²) < 4.78 is 0. The van der Waals surface area contributed by atoms with E-state index in [9.17, 15) is 15.0 Å². The number of allylic oxidation sites excluding steroid dienone is 2. The number of nitrogens with two attached hydrogens (primary N) is 1. The number of aliphatic hydroxyl groups excluding tert-OH is 3. The number of carbonyl (C=O) groups is 1. The van der Waals surface area contributed by atoms with Crippen LogP contribution in [0.4, 0.5) is 0 Å². The van der Waals surface area contributed by atoms with Crippen molar-refractivity contribution in [2.45, 2.75) is 24.7 Å². The van der Waals surface area contributed by atoms with Crippen molar-refractivity contribution in [3.8, 4) is 0 Å². The minimum atomic E-state index is -0.943. The van der Waals surface area contributed by atoms with Crippen LogP contribution >= 0.6 is 0 Å². The van der Waals surface area contributed by atoms with Crippen LogP contribution in [0.25, 0.3) is 0 Å². The van der Waals surface area contributed by atoms with Gasteiger partial charge >= 0.3 is 0 Å². The molecule has 1 amide bonds. The van der Waals surface area contributed by atoms with Crippen molar-refractivity contribution in [1.82, 2.24) is 10.3 Å². The summed E-state index contributed by atoms with van der Waals surface area (Å²) in [5, 5.41) is 29.0. The van der Waals surface area contributed by atoms with Crippen LogP contribution in [0.3, 0.4) is 0 Å². The van der Waals surface area contributed by atoms with E-state index in [1.807, 2.05) is 0 Å². The summed E-state index contributed by atoms with van der Waals surface area (Å²) in [5.74, 6) is 4.37. The third-order valence-corrected chi connectivity index (χ3v) is 3.78. The first-order chi connectivity index (χ1) is 9.08. The molecule has 7 nitrogen and oxygen atoms in total. The maximum absolute atomic E-state index is 11.5. The van der Waals surface area contributed by atoms with Gasteiger partial charge in [0.15, 0.2) is 0 Å². The van der Waals surface area contributed by atoms with E-state index in [4.69, 9.17) is 10.9 Å². The Balaban J connectivity index is 2.07. The average molecular weight is 269 g/mol. The Morgan fingerprint density at radius 2 is 2.21 bits per heavy atom. The standard InChI is InChI=1S/C12H19N3O4/c13-14-12(19)7-2-1-3-15(5-7)9-4-8(6-16)10(17)11(9)18/h1-3,8-11,16-18H,4-6,13H2,(H,14,19). The molecule has 1 saturated carbocycles. The van der Waals surface area contributed by atoms with Crippen LogP contribution in [0.1, 0.15) is 6.42 Å². The molecular formula is C12H19N3O4. The number of aliphatic hydroxyl groups is 3. The number of amides is 1. The van der Waals surface area contributed by atoms with Gasteiger partial charge in [0.1, 0.15) is 6.10 Å². The minimum Gasteiger partial charge on any atom is -0.396 e. The van der Waals surface area contributed by atoms with E-state index in [2.05, 4.69) is 5.43 Å². The second-order valence-corrected chi connectivity index (χ2v) is 4.91. The molecule has 2 rings (SSSR count). The van der Waals surface area contributed by atoms with Gasteiger partial charge in [-0.25, -0.2) is 5.84 Å². The third kappa shape index (κ3) is 2.64. The molecule has 6 N–H and O–H groups in total. The Hall–Kier alpha value is -1.41. The molecular weight excluding hydrogens is 250 g/mol. The largest absolute Gasteiger partial charge is 0.396 e. The lowest BCUT2D eigenvalue weighted by molar-refractivity contribution is -0.117. The molecule has 19 heavy (non-hydrogen) atoms. The number of hydrogen-bond donors (Lipinski definition) is 5. The Kier molecular flexibility index (Phi) is 4.20. The number of rotatable bonds is 3. The average Bonchev–Trinajstić information content (AvgIpc) is 2.74. The SMILES string of the molecule is NNC(=O)C1=CC=CN(C2CC(CO)C(O)C2O)C1. The number of hydrazine groups is 1. The topological polar surface area (TPSA) is 119 Å². The van der Waals surface area contributed by atoms with E-state index in [0.29, 0.717) is 18.5 Å². The molecule has 1 aliphatic carbocycles. The zero-order chi connectivity index (χ0) is 14.0. The smallest absolute Gasteiger partial charge is 0.262 e. The summed E-state index contributed by atoms with van der Waals surface area (Å²) in [4.78, 5) is 13.3. The molecule has 0 spiro atoms. The molecule has 1 fully saturated rings. The Labute approximate surface area is 111 Å². The highest BCUT2D eigenvalue weighted by atomic mass is 16.3. The lowest BCUT2D eigenvalue weighted by atomic mass is 10.1. The molecule has 0 radical (unpaired) electrons. The van der Waals surface area contributed by atoms with Crippen LogP contribution in [0.5, 0.6) is 0 Å². The number of nitrogens with one attached hydrogen (secondary N) is 1. The molecule has 7 heteroatoms. The van der Waals surface area contributed by atoms with Gasteiger partial charge in [-0.15, -0.1) is 0 Å². The summed E-state index contributed by atoms with van der Waals surface area (Å²) in [6.45, 7) is 0.143. The first kappa shape index (κ1) is 14.0. The number of carbonyl (C=O) groups excluding carboxylic acids is 1. The first-order valence-electron chi connectivity index (χ1n) is 6.19. The van der Waals surface area contributed by atoms with Gasteiger partial charge in [-0.3, -0.25) is 10.2 Å². The van der Waals surface area contributed by atoms with E-state index in [1.165, 1.54) is 0 Å². The third-order valence-electron chi connectivity index (χ3n) is 3.78. The van der Waals surface area contributed by atoms with Crippen molar-refractivity contribution in [2.75, 3.05) is 13.2 Å². The van der Waals surface area contributed by atoms with Gasteiger partial charge < -0.3 is 20.2 Å². The maximum Gasteiger partial charge on any atom is 0.262 e. The molecule has 106 valence electrons. The highest BCUT2D eigenvalue weighted by molar-refractivity contribution is 5.93. The van der Waals surface area contributed by atoms with Crippen molar-refractivity contribution in [2.24, 2.45) is 11.8 Å². The molecule has 4 atom stereocenters. The molecule has 0 aromatic heterocycles. The molecule has 0 saturated heterocycles. The summed E-state index contributed by atoms with van der Waals surface area (Å²) in [6.07, 6.45) is 3.69. The van der Waals surface area contributed by atoms with Gasteiger partial charge in [0.25, 0.3) is 5.91 Å². The monoisotopic (exact) mass is 269 g/mol. The zero-order valence-corrected chi connectivity index (χ0v) is 10.4. The molecule has 0 aromatic rings. The van der Waals surface area contributed by atoms with E-state index >= 15 is 0 Å². The van der Waals surface area contributed by atoms with Crippen LogP contribution in [-0.4, -0.2) is 57.5 Å². The minimum absolute atomic E-state index is 0.168. The highest BCUT2D eigenvalue weighted by Crippen LogP contribution is 2.31. The lowest BCUT2D eigenvalue weighted by Gasteiger charge is -2.32. The highest BCUT2D eigenvalue weighted by Gasteiger charge is 2.43. The van der Waals surface area contributed by atoms with Crippen molar-refractivity contribution in [3.05, 3.63) is 23.9 Å². The zero-order valence-electron chi connectivity index (χ0n) is 10.4. The summed E-state index contributed by atoms with van der Waals surface area (Å²) in [5.41, 5.74) is 2.55. The Morgan fingerprint density at radius 3 is 2.79 bits per heavy atom. The number of nitrogens with zero attached hydrogens (tertiary/aromatic N) is 1.